The van der Waals surface area contributed by atoms with Crippen LogP contribution in [0.2, 0.25) is 0 Å². The Hall–Kier alpha value is -2.93. The first-order valence-corrected chi connectivity index (χ1v) is 10.8. The van der Waals surface area contributed by atoms with Crippen molar-refractivity contribution in [1.82, 2.24) is 14.5 Å². The van der Waals surface area contributed by atoms with Crippen molar-refractivity contribution in [1.29, 1.82) is 0 Å². The van der Waals surface area contributed by atoms with Crippen molar-refractivity contribution in [3.8, 4) is 11.4 Å². The number of aromatic nitrogens is 2. The topological polar surface area (TPSA) is 50.6 Å². The van der Waals surface area contributed by atoms with Crippen LogP contribution in [0.1, 0.15) is 10.4 Å². The summed E-state index contributed by atoms with van der Waals surface area (Å²) in [7, 11) is 1.67. The number of anilines is 1. The second-order valence-corrected chi connectivity index (χ2v) is 7.63. The van der Waals surface area contributed by atoms with Crippen LogP contribution in [0.5, 0.6) is 5.75 Å². The standard InChI is InChI=1S/C22H24N4O2S/c1-28-18-7-5-6-17(16-18)26-11-10-23-22(26)25-14-12-24(13-15-25)21(27)19-8-3-4-9-20(19)29-2/h3-11,16H,12-15H2,1-2H3. The Labute approximate surface area is 175 Å². The lowest BCUT2D eigenvalue weighted by Gasteiger charge is -2.35. The van der Waals surface area contributed by atoms with Gasteiger partial charge in [0, 0.05) is 49.5 Å². The lowest BCUT2D eigenvalue weighted by Crippen LogP contribution is -2.49. The minimum atomic E-state index is 0.103. The van der Waals surface area contributed by atoms with E-state index in [1.54, 1.807) is 25.1 Å². The van der Waals surface area contributed by atoms with Gasteiger partial charge in [0.05, 0.1) is 18.4 Å². The quantitative estimate of drug-likeness (QED) is 0.604. The van der Waals surface area contributed by atoms with E-state index in [1.807, 2.05) is 65.9 Å². The molecule has 1 fully saturated rings. The molecule has 2 aromatic carbocycles. The molecular formula is C22H24N4O2S. The molecule has 0 spiro atoms. The highest BCUT2D eigenvalue weighted by molar-refractivity contribution is 7.98. The average molecular weight is 409 g/mol. The number of benzene rings is 2. The number of piperazine rings is 1. The molecule has 3 aromatic rings. The number of carbonyl (C=O) groups is 1. The monoisotopic (exact) mass is 408 g/mol. The molecule has 150 valence electrons. The fourth-order valence-electron chi connectivity index (χ4n) is 3.59. The molecule has 6 nitrogen and oxygen atoms in total. The van der Waals surface area contributed by atoms with Gasteiger partial charge in [-0.1, -0.05) is 18.2 Å². The van der Waals surface area contributed by atoms with Crippen molar-refractivity contribution in [2.24, 2.45) is 0 Å². The minimum Gasteiger partial charge on any atom is -0.497 e. The van der Waals surface area contributed by atoms with Gasteiger partial charge in [-0.15, -0.1) is 11.8 Å². The van der Waals surface area contributed by atoms with Crippen LogP contribution in [0.15, 0.2) is 65.8 Å². The van der Waals surface area contributed by atoms with E-state index >= 15 is 0 Å². The van der Waals surface area contributed by atoms with E-state index in [9.17, 15) is 4.79 Å². The van der Waals surface area contributed by atoms with Crippen LogP contribution in [-0.4, -0.2) is 59.9 Å². The van der Waals surface area contributed by atoms with Crippen LogP contribution < -0.4 is 9.64 Å². The summed E-state index contributed by atoms with van der Waals surface area (Å²) in [5, 5.41) is 0. The van der Waals surface area contributed by atoms with E-state index in [0.717, 1.165) is 40.9 Å². The number of thioether (sulfide) groups is 1. The second kappa shape index (κ2) is 8.61. The van der Waals surface area contributed by atoms with E-state index in [1.165, 1.54) is 0 Å². The Kier molecular flexibility index (Phi) is 5.76. The summed E-state index contributed by atoms with van der Waals surface area (Å²) in [5.41, 5.74) is 1.79. The largest absolute Gasteiger partial charge is 0.497 e. The SMILES string of the molecule is COc1cccc(-n2ccnc2N2CCN(C(=O)c3ccccc3SC)CC2)c1. The maximum Gasteiger partial charge on any atom is 0.255 e. The highest BCUT2D eigenvalue weighted by Gasteiger charge is 2.25. The van der Waals surface area contributed by atoms with Crippen LogP contribution in [0.4, 0.5) is 5.95 Å². The van der Waals surface area contributed by atoms with Crippen LogP contribution in [0.25, 0.3) is 5.69 Å². The summed E-state index contributed by atoms with van der Waals surface area (Å²) in [4.78, 5) is 22.7. The molecule has 4 rings (SSSR count). The van der Waals surface area contributed by atoms with Gasteiger partial charge in [-0.3, -0.25) is 9.36 Å². The van der Waals surface area contributed by atoms with Gasteiger partial charge >= 0.3 is 0 Å². The van der Waals surface area contributed by atoms with Crippen LogP contribution in [0, 0.1) is 0 Å². The van der Waals surface area contributed by atoms with Gasteiger partial charge < -0.3 is 14.5 Å². The third-order valence-electron chi connectivity index (χ3n) is 5.14. The number of rotatable bonds is 5. The lowest BCUT2D eigenvalue weighted by molar-refractivity contribution is 0.0742. The number of imidazole rings is 1. The number of methoxy groups -OCH3 is 1. The predicted octanol–water partition coefficient (Wildman–Crippen LogP) is 3.57. The number of hydrogen-bond donors (Lipinski definition) is 0. The zero-order chi connectivity index (χ0) is 20.2. The Morgan fingerprint density at radius 1 is 1.07 bits per heavy atom. The maximum absolute atomic E-state index is 13.0. The molecule has 1 aliphatic rings. The molecule has 0 unspecified atom stereocenters. The van der Waals surface area contributed by atoms with Gasteiger partial charge in [0.15, 0.2) is 0 Å². The highest BCUT2D eigenvalue weighted by Crippen LogP contribution is 2.25. The maximum atomic E-state index is 13.0. The van der Waals surface area contributed by atoms with Crippen LogP contribution in [0.3, 0.4) is 0 Å². The van der Waals surface area contributed by atoms with E-state index in [0.29, 0.717) is 13.1 Å². The molecule has 0 atom stereocenters. The Balaban J connectivity index is 1.48. The summed E-state index contributed by atoms with van der Waals surface area (Å²) >= 11 is 1.61. The second-order valence-electron chi connectivity index (χ2n) is 6.78. The number of amides is 1. The first kappa shape index (κ1) is 19.4. The fourth-order valence-corrected chi connectivity index (χ4v) is 4.18. The summed E-state index contributed by atoms with van der Waals surface area (Å²) < 4.78 is 7.40. The molecular weight excluding hydrogens is 384 g/mol. The van der Waals surface area contributed by atoms with Crippen molar-refractivity contribution in [2.75, 3.05) is 44.4 Å². The summed E-state index contributed by atoms with van der Waals surface area (Å²) in [6.07, 6.45) is 5.76. The molecule has 29 heavy (non-hydrogen) atoms. The molecule has 1 aliphatic heterocycles. The molecule has 0 radical (unpaired) electrons. The highest BCUT2D eigenvalue weighted by atomic mass is 32.2. The number of ether oxygens (including phenoxy) is 1. The molecule has 0 N–H and O–H groups in total. The Morgan fingerprint density at radius 3 is 2.62 bits per heavy atom. The van der Waals surface area contributed by atoms with Gasteiger partial charge in [-0.2, -0.15) is 0 Å². The number of carbonyl (C=O) groups excluding carboxylic acids is 1. The smallest absolute Gasteiger partial charge is 0.255 e. The predicted molar refractivity (Wildman–Crippen MR) is 116 cm³/mol. The van der Waals surface area contributed by atoms with Crippen LogP contribution in [-0.2, 0) is 0 Å². The van der Waals surface area contributed by atoms with Crippen LogP contribution >= 0.6 is 11.8 Å². The minimum absolute atomic E-state index is 0.103. The fraction of sp³-hybridized carbons (Fsp3) is 0.273. The van der Waals surface area contributed by atoms with Crippen molar-refractivity contribution in [2.45, 2.75) is 4.90 Å². The van der Waals surface area contributed by atoms with Crippen molar-refractivity contribution < 1.29 is 9.53 Å². The molecule has 0 bridgehead atoms. The molecule has 0 saturated carbocycles. The molecule has 0 aliphatic carbocycles. The lowest BCUT2D eigenvalue weighted by atomic mass is 10.2. The van der Waals surface area contributed by atoms with Gasteiger partial charge in [0.1, 0.15) is 5.75 Å². The van der Waals surface area contributed by atoms with Crippen molar-refractivity contribution in [3.05, 3.63) is 66.5 Å². The van der Waals surface area contributed by atoms with E-state index in [4.69, 9.17) is 4.74 Å². The van der Waals surface area contributed by atoms with E-state index in [-0.39, 0.29) is 5.91 Å². The van der Waals surface area contributed by atoms with Gasteiger partial charge in [0.25, 0.3) is 5.91 Å². The van der Waals surface area contributed by atoms with E-state index < -0.39 is 0 Å². The molecule has 1 amide bonds. The third kappa shape index (κ3) is 3.96. The van der Waals surface area contributed by atoms with Gasteiger partial charge in [0.2, 0.25) is 5.95 Å². The first-order chi connectivity index (χ1) is 14.2. The van der Waals surface area contributed by atoms with Crippen molar-refractivity contribution in [3.63, 3.8) is 0 Å². The molecule has 7 heteroatoms. The first-order valence-electron chi connectivity index (χ1n) is 9.56. The summed E-state index contributed by atoms with van der Waals surface area (Å²) in [5.74, 6) is 1.80. The number of hydrogen-bond acceptors (Lipinski definition) is 5. The average Bonchev–Trinajstić information content (AvgIpc) is 3.28. The Morgan fingerprint density at radius 2 is 1.86 bits per heavy atom. The zero-order valence-corrected chi connectivity index (χ0v) is 17.4. The van der Waals surface area contributed by atoms with E-state index in [2.05, 4.69) is 14.5 Å². The third-order valence-corrected chi connectivity index (χ3v) is 5.94. The normalized spacial score (nSPS) is 14.1. The Bertz CT molecular complexity index is 996. The van der Waals surface area contributed by atoms with Crippen molar-refractivity contribution >= 4 is 23.6 Å². The van der Waals surface area contributed by atoms with Gasteiger partial charge in [-0.25, -0.2) is 4.98 Å². The summed E-state index contributed by atoms with van der Waals surface area (Å²) in [6.45, 7) is 2.83. The van der Waals surface area contributed by atoms with Gasteiger partial charge in [-0.05, 0) is 30.5 Å². The molecule has 2 heterocycles. The molecule has 1 aromatic heterocycles. The zero-order valence-electron chi connectivity index (χ0n) is 16.6. The summed E-state index contributed by atoms with van der Waals surface area (Å²) in [6, 6.07) is 15.7. The molecule has 1 saturated heterocycles. The number of nitrogens with zero attached hydrogens (tertiary/aromatic N) is 4.